The van der Waals surface area contributed by atoms with Crippen molar-refractivity contribution in [3.8, 4) is 5.75 Å². The summed E-state index contributed by atoms with van der Waals surface area (Å²) in [5.74, 6) is 1.64. The number of anilines is 1. The average molecular weight is 315 g/mol. The van der Waals surface area contributed by atoms with E-state index < -0.39 is 0 Å². The lowest BCUT2D eigenvalue weighted by atomic mass is 10.2. The Morgan fingerprint density at radius 1 is 1.32 bits per heavy atom. The molecule has 2 aromatic heterocycles. The van der Waals surface area contributed by atoms with Gasteiger partial charge in [0.1, 0.15) is 11.6 Å². The molecule has 6 nitrogen and oxygen atoms in total. The number of nitrogens with zero attached hydrogens (tertiary/aromatic N) is 4. The summed E-state index contributed by atoms with van der Waals surface area (Å²) in [7, 11) is 3.55. The SMILES string of the molecule is COc1cccc(CNc2nc(SC)nc3c2cnn3C)c1. The fraction of sp³-hybridized carbons (Fsp3) is 0.267. The van der Waals surface area contributed by atoms with Gasteiger partial charge in [0.15, 0.2) is 10.8 Å². The molecule has 1 N–H and O–H groups in total. The number of ether oxygens (including phenoxy) is 1. The van der Waals surface area contributed by atoms with Crippen LogP contribution in [0.4, 0.5) is 5.82 Å². The van der Waals surface area contributed by atoms with E-state index in [0.29, 0.717) is 6.54 Å². The smallest absolute Gasteiger partial charge is 0.191 e. The Morgan fingerprint density at radius 3 is 2.95 bits per heavy atom. The lowest BCUT2D eigenvalue weighted by Gasteiger charge is -2.09. The van der Waals surface area contributed by atoms with Gasteiger partial charge < -0.3 is 10.1 Å². The van der Waals surface area contributed by atoms with Gasteiger partial charge in [-0.25, -0.2) is 9.97 Å². The zero-order valence-electron chi connectivity index (χ0n) is 12.7. The van der Waals surface area contributed by atoms with Crippen LogP contribution in [0.15, 0.2) is 35.6 Å². The van der Waals surface area contributed by atoms with Crippen LogP contribution in [0.1, 0.15) is 5.56 Å². The molecule has 0 saturated carbocycles. The minimum Gasteiger partial charge on any atom is -0.497 e. The summed E-state index contributed by atoms with van der Waals surface area (Å²) in [4.78, 5) is 9.04. The summed E-state index contributed by atoms with van der Waals surface area (Å²) in [6.07, 6.45) is 3.75. The van der Waals surface area contributed by atoms with Crippen LogP contribution in [-0.2, 0) is 13.6 Å². The van der Waals surface area contributed by atoms with Gasteiger partial charge in [0.25, 0.3) is 0 Å². The van der Waals surface area contributed by atoms with Gasteiger partial charge in [0, 0.05) is 13.6 Å². The van der Waals surface area contributed by atoms with E-state index in [1.807, 2.05) is 37.6 Å². The highest BCUT2D eigenvalue weighted by Crippen LogP contribution is 2.23. The van der Waals surface area contributed by atoms with Crippen LogP contribution in [0.5, 0.6) is 5.75 Å². The second-order valence-electron chi connectivity index (χ2n) is 4.77. The van der Waals surface area contributed by atoms with Gasteiger partial charge in [0.2, 0.25) is 0 Å². The molecule has 114 valence electrons. The number of rotatable bonds is 5. The normalized spacial score (nSPS) is 10.9. The fourth-order valence-corrected chi connectivity index (χ4v) is 2.56. The third-order valence-corrected chi connectivity index (χ3v) is 3.90. The Kier molecular flexibility index (Phi) is 4.15. The van der Waals surface area contributed by atoms with E-state index in [0.717, 1.165) is 33.3 Å². The van der Waals surface area contributed by atoms with E-state index in [9.17, 15) is 0 Å². The molecule has 0 atom stereocenters. The largest absolute Gasteiger partial charge is 0.497 e. The summed E-state index contributed by atoms with van der Waals surface area (Å²) in [6.45, 7) is 0.659. The van der Waals surface area contributed by atoms with Crippen LogP contribution in [0.2, 0.25) is 0 Å². The van der Waals surface area contributed by atoms with Crippen LogP contribution in [-0.4, -0.2) is 33.1 Å². The van der Waals surface area contributed by atoms with Crippen LogP contribution >= 0.6 is 11.8 Å². The predicted molar refractivity (Wildman–Crippen MR) is 88.4 cm³/mol. The highest BCUT2D eigenvalue weighted by atomic mass is 32.2. The standard InChI is InChI=1S/C15H17N5OS/c1-20-14-12(9-17-20)13(18-15(19-14)22-3)16-8-10-5-4-6-11(7-10)21-2/h4-7,9H,8H2,1-3H3,(H,16,18,19). The Balaban J connectivity index is 1.89. The number of aryl methyl sites for hydroxylation is 1. The minimum absolute atomic E-state index is 0.659. The van der Waals surface area contributed by atoms with Crippen molar-refractivity contribution in [2.24, 2.45) is 7.05 Å². The van der Waals surface area contributed by atoms with E-state index in [1.54, 1.807) is 18.0 Å². The molecule has 2 heterocycles. The highest BCUT2D eigenvalue weighted by molar-refractivity contribution is 7.98. The van der Waals surface area contributed by atoms with Gasteiger partial charge in [-0.15, -0.1) is 0 Å². The topological polar surface area (TPSA) is 64.9 Å². The number of hydrogen-bond acceptors (Lipinski definition) is 6. The second-order valence-corrected chi connectivity index (χ2v) is 5.54. The van der Waals surface area contributed by atoms with Crippen molar-refractivity contribution in [3.05, 3.63) is 36.0 Å². The average Bonchev–Trinajstić information content (AvgIpc) is 2.94. The van der Waals surface area contributed by atoms with Crippen molar-refractivity contribution in [3.63, 3.8) is 0 Å². The first-order chi connectivity index (χ1) is 10.7. The molecule has 0 unspecified atom stereocenters. The minimum atomic E-state index is 0.659. The summed E-state index contributed by atoms with van der Waals surface area (Å²) in [6, 6.07) is 7.96. The Hall–Kier alpha value is -2.28. The summed E-state index contributed by atoms with van der Waals surface area (Å²) >= 11 is 1.51. The first-order valence-corrected chi connectivity index (χ1v) is 8.04. The van der Waals surface area contributed by atoms with Crippen LogP contribution in [0.25, 0.3) is 11.0 Å². The second kappa shape index (κ2) is 6.23. The van der Waals surface area contributed by atoms with E-state index in [2.05, 4.69) is 20.4 Å². The fourth-order valence-electron chi connectivity index (χ4n) is 2.20. The molecule has 22 heavy (non-hydrogen) atoms. The quantitative estimate of drug-likeness (QED) is 0.577. The van der Waals surface area contributed by atoms with Gasteiger partial charge in [-0.1, -0.05) is 23.9 Å². The van der Waals surface area contributed by atoms with E-state index in [1.165, 1.54) is 11.8 Å². The number of nitrogens with one attached hydrogen (secondary N) is 1. The molecule has 3 rings (SSSR count). The summed E-state index contributed by atoms with van der Waals surface area (Å²) < 4.78 is 7.00. The van der Waals surface area contributed by atoms with Gasteiger partial charge in [-0.2, -0.15) is 5.10 Å². The third-order valence-electron chi connectivity index (χ3n) is 3.35. The molecule has 0 spiro atoms. The lowest BCUT2D eigenvalue weighted by molar-refractivity contribution is 0.414. The molecule has 0 aliphatic rings. The van der Waals surface area contributed by atoms with Crippen LogP contribution < -0.4 is 10.1 Å². The molecule has 0 bridgehead atoms. The maximum atomic E-state index is 5.25. The number of methoxy groups -OCH3 is 1. The Morgan fingerprint density at radius 2 is 2.18 bits per heavy atom. The van der Waals surface area contributed by atoms with E-state index >= 15 is 0 Å². The van der Waals surface area contributed by atoms with Crippen molar-refractivity contribution in [1.29, 1.82) is 0 Å². The van der Waals surface area contributed by atoms with Crippen molar-refractivity contribution in [2.75, 3.05) is 18.7 Å². The van der Waals surface area contributed by atoms with E-state index in [-0.39, 0.29) is 0 Å². The van der Waals surface area contributed by atoms with Gasteiger partial charge in [-0.05, 0) is 24.0 Å². The van der Waals surface area contributed by atoms with Crippen molar-refractivity contribution in [2.45, 2.75) is 11.7 Å². The first-order valence-electron chi connectivity index (χ1n) is 6.82. The summed E-state index contributed by atoms with van der Waals surface area (Å²) in [5, 5.41) is 9.27. The molecule has 3 aromatic rings. The molecular weight excluding hydrogens is 298 g/mol. The maximum absolute atomic E-state index is 5.25. The highest BCUT2D eigenvalue weighted by Gasteiger charge is 2.11. The number of benzene rings is 1. The van der Waals surface area contributed by atoms with Crippen LogP contribution in [0.3, 0.4) is 0 Å². The molecule has 0 aliphatic heterocycles. The molecule has 0 saturated heterocycles. The number of fused-ring (bicyclic) bond motifs is 1. The van der Waals surface area contributed by atoms with Crippen molar-refractivity contribution >= 4 is 28.6 Å². The monoisotopic (exact) mass is 315 g/mol. The maximum Gasteiger partial charge on any atom is 0.191 e. The van der Waals surface area contributed by atoms with Crippen LogP contribution in [0, 0.1) is 0 Å². The molecule has 7 heteroatoms. The lowest BCUT2D eigenvalue weighted by Crippen LogP contribution is -2.04. The first kappa shape index (κ1) is 14.6. The van der Waals surface area contributed by atoms with Crippen molar-refractivity contribution < 1.29 is 4.74 Å². The van der Waals surface area contributed by atoms with Gasteiger partial charge in [0.05, 0.1) is 18.7 Å². The number of hydrogen-bond donors (Lipinski definition) is 1. The number of thioether (sulfide) groups is 1. The Bertz CT molecular complexity index is 802. The third kappa shape index (κ3) is 2.85. The predicted octanol–water partition coefficient (Wildman–Crippen LogP) is 2.71. The molecule has 0 aliphatic carbocycles. The zero-order valence-corrected chi connectivity index (χ0v) is 13.5. The zero-order chi connectivity index (χ0) is 15.5. The summed E-state index contributed by atoms with van der Waals surface area (Å²) in [5.41, 5.74) is 1.95. The number of aromatic nitrogens is 4. The van der Waals surface area contributed by atoms with Gasteiger partial charge >= 0.3 is 0 Å². The molecule has 0 fully saturated rings. The van der Waals surface area contributed by atoms with E-state index in [4.69, 9.17) is 4.74 Å². The molecular formula is C15H17N5OS. The Labute approximate surface area is 132 Å². The van der Waals surface area contributed by atoms with Gasteiger partial charge in [-0.3, -0.25) is 4.68 Å². The molecule has 0 radical (unpaired) electrons. The van der Waals surface area contributed by atoms with Crippen molar-refractivity contribution in [1.82, 2.24) is 19.7 Å². The molecule has 0 amide bonds. The molecule has 1 aromatic carbocycles.